The Labute approximate surface area is 250 Å². The van der Waals surface area contributed by atoms with Crippen LogP contribution < -0.4 is 5.32 Å². The Morgan fingerprint density at radius 3 is 2.20 bits per heavy atom. The van der Waals surface area contributed by atoms with Crippen LogP contribution >= 0.6 is 34.5 Å². The van der Waals surface area contributed by atoms with E-state index in [1.54, 1.807) is 19.1 Å². The van der Waals surface area contributed by atoms with Crippen molar-refractivity contribution in [2.24, 2.45) is 0 Å². The molecule has 0 bridgehead atoms. The van der Waals surface area contributed by atoms with Crippen LogP contribution in [-0.4, -0.2) is 22.2 Å². The molecule has 0 unspecified atom stereocenters. The molecule has 6 nitrogen and oxygen atoms in total. The summed E-state index contributed by atoms with van der Waals surface area (Å²) in [5, 5.41) is 14.2. The number of amides is 1. The number of hydrogen-bond acceptors (Lipinski definition) is 5. The third-order valence-corrected chi connectivity index (χ3v) is 9.16. The maximum Gasteiger partial charge on any atom is 0.412 e. The summed E-state index contributed by atoms with van der Waals surface area (Å²) >= 11 is 13.9. The van der Waals surface area contributed by atoms with Gasteiger partial charge < -0.3 is 9.84 Å². The average Bonchev–Trinajstić information content (AvgIpc) is 3.71. The normalized spacial score (nSPS) is 14.4. The topological polar surface area (TPSA) is 88.5 Å². The summed E-state index contributed by atoms with van der Waals surface area (Å²) in [5.74, 6) is -0.764. The van der Waals surface area contributed by atoms with Crippen molar-refractivity contribution in [3.05, 3.63) is 106 Å². The van der Waals surface area contributed by atoms with Crippen LogP contribution in [0.5, 0.6) is 0 Å². The van der Waals surface area contributed by atoms with Gasteiger partial charge in [-0.05, 0) is 60.2 Å². The minimum Gasteiger partial charge on any atom is -0.481 e. The Balaban J connectivity index is 1.27. The molecule has 0 saturated heterocycles. The summed E-state index contributed by atoms with van der Waals surface area (Å²) in [5.41, 5.74) is 4.29. The van der Waals surface area contributed by atoms with Gasteiger partial charge in [-0.3, -0.25) is 10.1 Å². The molecule has 9 heteroatoms. The van der Waals surface area contributed by atoms with E-state index in [1.165, 1.54) is 11.3 Å². The average molecular weight is 604 g/mol. The number of rotatable bonds is 7. The number of anilines is 1. The highest BCUT2D eigenvalue weighted by atomic mass is 35.5. The number of carboxylic acid groups (broad SMARTS) is 1. The fourth-order valence-electron chi connectivity index (χ4n) is 4.99. The predicted octanol–water partition coefficient (Wildman–Crippen LogP) is 9.36. The Morgan fingerprint density at radius 2 is 1.56 bits per heavy atom. The van der Waals surface area contributed by atoms with E-state index in [2.05, 4.69) is 10.3 Å². The third kappa shape index (κ3) is 5.28. The molecular weight excluding hydrogens is 579 g/mol. The molecule has 1 aliphatic carbocycles. The standard InChI is InChI=1S/C32H24Cl2N2O4S/c1-18(23-4-2-3-5-25(23)33)40-31(39)36-27-24-14-15-26(34)35-29(24)41-28(27)21-8-6-19(7-9-21)20-10-12-22(13-11-20)32(16-17-32)30(37)38/h2-15,18H,16-17H2,1H3,(H,36,39)(H,37,38)/t18-/m1/s1. The number of nitrogens with zero attached hydrogens (tertiary/aromatic N) is 1. The van der Waals surface area contributed by atoms with E-state index < -0.39 is 23.6 Å². The Kier molecular flexibility index (Phi) is 7.20. The molecule has 41 heavy (non-hydrogen) atoms. The van der Waals surface area contributed by atoms with E-state index in [4.69, 9.17) is 27.9 Å². The molecule has 1 saturated carbocycles. The summed E-state index contributed by atoms with van der Waals surface area (Å²) in [7, 11) is 0. The molecule has 0 radical (unpaired) electrons. The van der Waals surface area contributed by atoms with Crippen molar-refractivity contribution >= 4 is 62.5 Å². The lowest BCUT2D eigenvalue weighted by atomic mass is 9.93. The van der Waals surface area contributed by atoms with Gasteiger partial charge in [0.25, 0.3) is 0 Å². The first-order chi connectivity index (χ1) is 19.7. The van der Waals surface area contributed by atoms with Gasteiger partial charge in [-0.2, -0.15) is 0 Å². The van der Waals surface area contributed by atoms with E-state index in [1.807, 2.05) is 72.8 Å². The molecule has 2 N–H and O–H groups in total. The number of hydrogen-bond donors (Lipinski definition) is 2. The number of nitrogens with one attached hydrogen (secondary N) is 1. The number of ether oxygens (including phenoxy) is 1. The van der Waals surface area contributed by atoms with E-state index in [0.29, 0.717) is 39.1 Å². The molecule has 3 aromatic carbocycles. The van der Waals surface area contributed by atoms with Crippen LogP contribution in [0.25, 0.3) is 31.8 Å². The lowest BCUT2D eigenvalue weighted by molar-refractivity contribution is -0.140. The van der Waals surface area contributed by atoms with E-state index in [0.717, 1.165) is 32.5 Å². The number of halogens is 2. The summed E-state index contributed by atoms with van der Waals surface area (Å²) in [4.78, 5) is 30.7. The number of thiophene rings is 1. The van der Waals surface area contributed by atoms with Crippen molar-refractivity contribution in [2.45, 2.75) is 31.3 Å². The molecule has 0 spiro atoms. The van der Waals surface area contributed by atoms with E-state index in [9.17, 15) is 14.7 Å². The molecule has 6 rings (SSSR count). The number of carbonyl (C=O) groups is 2. The Bertz CT molecular complexity index is 1780. The van der Waals surface area contributed by atoms with E-state index >= 15 is 0 Å². The molecular formula is C32H24Cl2N2O4S. The number of benzene rings is 3. The zero-order valence-electron chi connectivity index (χ0n) is 21.9. The molecule has 206 valence electrons. The maximum absolute atomic E-state index is 13.0. The first-order valence-corrected chi connectivity index (χ1v) is 14.6. The molecule has 1 atom stereocenters. The van der Waals surface area contributed by atoms with Gasteiger partial charge >= 0.3 is 12.1 Å². The van der Waals surface area contributed by atoms with Crippen LogP contribution in [0.3, 0.4) is 0 Å². The fraction of sp³-hybridized carbons (Fsp3) is 0.156. The number of aliphatic carboxylic acids is 1. The smallest absolute Gasteiger partial charge is 0.412 e. The highest BCUT2D eigenvalue weighted by Crippen LogP contribution is 2.49. The highest BCUT2D eigenvalue weighted by molar-refractivity contribution is 7.22. The van der Waals surface area contributed by atoms with Crippen molar-refractivity contribution in [1.82, 2.24) is 4.98 Å². The first-order valence-electron chi connectivity index (χ1n) is 13.0. The second-order valence-electron chi connectivity index (χ2n) is 10.0. The van der Waals surface area contributed by atoms with Gasteiger partial charge in [0.2, 0.25) is 0 Å². The van der Waals surface area contributed by atoms with Crippen molar-refractivity contribution in [1.29, 1.82) is 0 Å². The molecule has 1 aliphatic rings. The van der Waals surface area contributed by atoms with Crippen LogP contribution in [0, 0.1) is 0 Å². The molecule has 0 aliphatic heterocycles. The molecule has 1 amide bonds. The van der Waals surface area contributed by atoms with Crippen LogP contribution in [0.2, 0.25) is 10.2 Å². The van der Waals surface area contributed by atoms with Crippen LogP contribution in [0.15, 0.2) is 84.9 Å². The number of carbonyl (C=O) groups excluding carboxylic acids is 1. The first kappa shape index (κ1) is 27.3. The summed E-state index contributed by atoms with van der Waals surface area (Å²) in [6.07, 6.45) is 0.184. The zero-order chi connectivity index (χ0) is 28.7. The van der Waals surface area contributed by atoms with E-state index in [-0.39, 0.29) is 0 Å². The Hall–Kier alpha value is -3.91. The Morgan fingerprint density at radius 1 is 0.927 bits per heavy atom. The lowest BCUT2D eigenvalue weighted by Crippen LogP contribution is -2.19. The quantitative estimate of drug-likeness (QED) is 0.181. The minimum absolute atomic E-state index is 0.362. The number of pyridine rings is 1. The monoisotopic (exact) mass is 602 g/mol. The van der Waals surface area contributed by atoms with Gasteiger partial charge in [-0.15, -0.1) is 11.3 Å². The summed E-state index contributed by atoms with van der Waals surface area (Å²) in [6.45, 7) is 1.77. The third-order valence-electron chi connectivity index (χ3n) is 7.45. The van der Waals surface area contributed by atoms with Gasteiger partial charge in [0.1, 0.15) is 16.1 Å². The van der Waals surface area contributed by atoms with Gasteiger partial charge in [0.05, 0.1) is 16.0 Å². The van der Waals surface area contributed by atoms with Crippen LogP contribution in [0.1, 0.15) is 37.0 Å². The number of fused-ring (bicyclic) bond motifs is 1. The van der Waals surface area contributed by atoms with Gasteiger partial charge in [-0.25, -0.2) is 9.78 Å². The molecule has 5 aromatic rings. The highest BCUT2D eigenvalue weighted by Gasteiger charge is 2.51. The number of aromatic nitrogens is 1. The van der Waals surface area contributed by atoms with Gasteiger partial charge in [-0.1, -0.05) is 89.9 Å². The van der Waals surface area contributed by atoms with Crippen molar-refractivity contribution in [2.75, 3.05) is 5.32 Å². The molecule has 1 fully saturated rings. The SMILES string of the molecule is C[C@@H](OC(=O)Nc1c(-c2ccc(-c3ccc(C4(C(=O)O)CC4)cc3)cc2)sc2nc(Cl)ccc12)c1ccccc1Cl. The van der Waals surface area contributed by atoms with Crippen molar-refractivity contribution in [3.8, 4) is 21.6 Å². The summed E-state index contributed by atoms with van der Waals surface area (Å²) < 4.78 is 5.67. The summed E-state index contributed by atoms with van der Waals surface area (Å²) in [6, 6.07) is 26.5. The fourth-order valence-corrected chi connectivity index (χ4v) is 6.61. The number of carboxylic acids is 1. The maximum atomic E-state index is 13.0. The minimum atomic E-state index is -0.764. The second-order valence-corrected chi connectivity index (χ2v) is 11.8. The van der Waals surface area contributed by atoms with Crippen LogP contribution in [0.4, 0.5) is 10.5 Å². The van der Waals surface area contributed by atoms with Crippen molar-refractivity contribution in [3.63, 3.8) is 0 Å². The lowest BCUT2D eigenvalue weighted by Gasteiger charge is -2.16. The van der Waals surface area contributed by atoms with Gasteiger partial charge in [0, 0.05) is 16.0 Å². The van der Waals surface area contributed by atoms with Gasteiger partial charge in [0.15, 0.2) is 0 Å². The molecule has 2 aromatic heterocycles. The second kappa shape index (κ2) is 10.8. The largest absolute Gasteiger partial charge is 0.481 e. The molecule has 2 heterocycles. The zero-order valence-corrected chi connectivity index (χ0v) is 24.2. The van der Waals surface area contributed by atoms with Crippen LogP contribution in [-0.2, 0) is 14.9 Å². The van der Waals surface area contributed by atoms with Crippen molar-refractivity contribution < 1.29 is 19.4 Å². The predicted molar refractivity (Wildman–Crippen MR) is 164 cm³/mol.